The highest BCUT2D eigenvalue weighted by Crippen LogP contribution is 2.44. The molecule has 2 N–H and O–H groups in total. The second kappa shape index (κ2) is 8.85. The zero-order chi connectivity index (χ0) is 23.1. The smallest absolute Gasteiger partial charge is 0.343 e. The summed E-state index contributed by atoms with van der Waals surface area (Å²) in [6.45, 7) is 4.47. The Hall–Kier alpha value is -2.23. The summed E-state index contributed by atoms with van der Waals surface area (Å²) in [5, 5.41) is 22.1. The summed E-state index contributed by atoms with van der Waals surface area (Å²) < 4.78 is 11.7. The van der Waals surface area contributed by atoms with E-state index in [1.807, 2.05) is 16.8 Å². The van der Waals surface area contributed by atoms with E-state index in [0.29, 0.717) is 34.7 Å². The van der Waals surface area contributed by atoms with Crippen LogP contribution in [0.5, 0.6) is 0 Å². The molecule has 4 fully saturated rings. The third-order valence-electron chi connectivity index (χ3n) is 7.89. The monoisotopic (exact) mass is 474 g/mol. The molecule has 178 valence electrons. The van der Waals surface area contributed by atoms with E-state index in [0.717, 1.165) is 51.6 Å². The topological polar surface area (TPSA) is 102 Å². The molecule has 1 aliphatic carbocycles. The summed E-state index contributed by atoms with van der Waals surface area (Å²) in [5.74, 6) is 0.596. The highest BCUT2D eigenvalue weighted by molar-refractivity contribution is 7.08. The molecule has 8 nitrogen and oxygen atoms in total. The Morgan fingerprint density at radius 3 is 2.70 bits per heavy atom. The predicted octanol–water partition coefficient (Wildman–Crippen LogP) is 3.21. The average Bonchev–Trinajstić information content (AvgIpc) is 3.57. The zero-order valence-electron chi connectivity index (χ0n) is 19.0. The summed E-state index contributed by atoms with van der Waals surface area (Å²) in [6.07, 6.45) is 5.25. The lowest BCUT2D eigenvalue weighted by Crippen LogP contribution is -2.66. The van der Waals surface area contributed by atoms with Gasteiger partial charge >= 0.3 is 5.97 Å². The predicted molar refractivity (Wildman–Crippen MR) is 122 cm³/mol. The largest absolute Gasteiger partial charge is 0.454 e. The highest BCUT2D eigenvalue weighted by atomic mass is 32.1. The van der Waals surface area contributed by atoms with Gasteiger partial charge in [0.05, 0.1) is 13.1 Å². The summed E-state index contributed by atoms with van der Waals surface area (Å²) in [7, 11) is 0. The fourth-order valence-corrected chi connectivity index (χ4v) is 6.77. The normalized spacial score (nSPS) is 29.0. The molecule has 2 aromatic heterocycles. The number of quaternary nitrogens is 1. The Balaban J connectivity index is 1.28. The van der Waals surface area contributed by atoms with Crippen LogP contribution in [-0.2, 0) is 19.9 Å². The van der Waals surface area contributed by atoms with Crippen molar-refractivity contribution in [3.05, 3.63) is 34.2 Å². The number of ether oxygens (including phenoxy) is 1. The van der Waals surface area contributed by atoms with Crippen molar-refractivity contribution in [3.8, 4) is 0 Å². The summed E-state index contributed by atoms with van der Waals surface area (Å²) in [4.78, 5) is 26.2. The van der Waals surface area contributed by atoms with Gasteiger partial charge in [0.25, 0.3) is 5.91 Å². The number of thiophene rings is 1. The van der Waals surface area contributed by atoms with E-state index < -0.39 is 11.6 Å². The van der Waals surface area contributed by atoms with E-state index in [-0.39, 0.29) is 23.8 Å². The Kier molecular flexibility index (Phi) is 6.05. The molecule has 3 aliphatic heterocycles. The third kappa shape index (κ3) is 4.34. The summed E-state index contributed by atoms with van der Waals surface area (Å²) in [5.41, 5.74) is -0.938. The maximum atomic E-state index is 13.5. The van der Waals surface area contributed by atoms with Crippen molar-refractivity contribution in [1.29, 1.82) is 0 Å². The lowest BCUT2D eigenvalue weighted by Gasteiger charge is -2.51. The van der Waals surface area contributed by atoms with Crippen molar-refractivity contribution in [2.45, 2.75) is 57.2 Å². The van der Waals surface area contributed by atoms with Gasteiger partial charge in [-0.2, -0.15) is 11.3 Å². The van der Waals surface area contributed by atoms with Crippen LogP contribution in [0.3, 0.4) is 0 Å². The Morgan fingerprint density at radius 1 is 1.30 bits per heavy atom. The van der Waals surface area contributed by atoms with Crippen LogP contribution in [0.25, 0.3) is 0 Å². The Labute approximate surface area is 197 Å². The minimum Gasteiger partial charge on any atom is -0.454 e. The molecule has 9 heteroatoms. The van der Waals surface area contributed by atoms with Crippen LogP contribution < -0.4 is 5.32 Å². The van der Waals surface area contributed by atoms with E-state index in [9.17, 15) is 14.7 Å². The van der Waals surface area contributed by atoms with Crippen molar-refractivity contribution in [2.24, 2.45) is 11.8 Å². The van der Waals surface area contributed by atoms with Gasteiger partial charge in [-0.1, -0.05) is 18.0 Å². The van der Waals surface area contributed by atoms with Crippen molar-refractivity contribution in [3.63, 3.8) is 0 Å². The molecule has 0 aromatic carbocycles. The molecule has 1 amide bonds. The van der Waals surface area contributed by atoms with Crippen LogP contribution in [0.4, 0.5) is 5.82 Å². The van der Waals surface area contributed by atoms with Crippen molar-refractivity contribution in [2.75, 3.05) is 31.5 Å². The molecular weight excluding hydrogens is 442 g/mol. The van der Waals surface area contributed by atoms with Crippen LogP contribution in [0, 0.1) is 18.8 Å². The maximum Gasteiger partial charge on any atom is 0.343 e. The lowest BCUT2D eigenvalue weighted by atomic mass is 9.80. The molecule has 6 rings (SSSR count). The van der Waals surface area contributed by atoms with Gasteiger partial charge < -0.3 is 24.2 Å². The fraction of sp³-hybridized carbons (Fsp3) is 0.625. The van der Waals surface area contributed by atoms with E-state index >= 15 is 0 Å². The molecule has 0 radical (unpaired) electrons. The van der Waals surface area contributed by atoms with Crippen LogP contribution in [0.1, 0.15) is 49.8 Å². The minimum absolute atomic E-state index is 0.111. The van der Waals surface area contributed by atoms with Crippen molar-refractivity contribution >= 4 is 29.0 Å². The summed E-state index contributed by atoms with van der Waals surface area (Å²) in [6, 6.07) is 3.53. The Bertz CT molecular complexity index is 992. The molecule has 2 atom stereocenters. The van der Waals surface area contributed by atoms with Gasteiger partial charge in [-0.15, -0.1) is 0 Å². The number of hydrogen-bond acceptors (Lipinski definition) is 7. The molecule has 2 aromatic rings. The number of carbonyl (C=O) groups is 2. The second-order valence-corrected chi connectivity index (χ2v) is 10.8. The van der Waals surface area contributed by atoms with E-state index in [1.165, 1.54) is 11.3 Å². The number of rotatable bonds is 7. The third-order valence-corrected chi connectivity index (χ3v) is 8.58. The van der Waals surface area contributed by atoms with Crippen molar-refractivity contribution in [1.82, 2.24) is 5.16 Å². The first-order valence-corrected chi connectivity index (χ1v) is 12.9. The number of esters is 1. The zero-order valence-corrected chi connectivity index (χ0v) is 19.8. The number of nitrogens with zero attached hydrogens (tertiary/aromatic N) is 2. The quantitative estimate of drug-likeness (QED) is 0.472. The number of fused-ring (bicyclic) bond motifs is 3. The number of amides is 1. The van der Waals surface area contributed by atoms with Gasteiger partial charge in [0.2, 0.25) is 0 Å². The first-order chi connectivity index (χ1) is 15.9. The molecule has 3 saturated heterocycles. The van der Waals surface area contributed by atoms with Crippen LogP contribution in [0.15, 0.2) is 27.4 Å². The molecule has 0 spiro atoms. The van der Waals surface area contributed by atoms with Gasteiger partial charge in [-0.05, 0) is 36.6 Å². The first-order valence-electron chi connectivity index (χ1n) is 11.9. The number of anilines is 1. The highest BCUT2D eigenvalue weighted by Gasteiger charge is 2.53. The molecular formula is C24H32N3O5S+. The molecule has 4 aliphatic rings. The second-order valence-electron chi connectivity index (χ2n) is 10.0. The molecule has 2 bridgehead atoms. The number of aryl methyl sites for hydroxylation is 1. The summed E-state index contributed by atoms with van der Waals surface area (Å²) >= 11 is 1.48. The number of aromatic nitrogens is 1. The SMILES string of the molecule is Cc1cc(NC(=O)C[N+]23CCC(CC2)[C@@H](OC(=O)C(O)(c2ccsc2)C2CCCC2)C3)no1. The number of carbonyl (C=O) groups excluding carboxylic acids is 2. The molecule has 5 heterocycles. The van der Waals surface area contributed by atoms with Crippen LogP contribution in [-0.4, -0.2) is 58.9 Å². The van der Waals surface area contributed by atoms with Gasteiger partial charge in [0.1, 0.15) is 12.3 Å². The van der Waals surface area contributed by atoms with E-state index in [2.05, 4.69) is 10.5 Å². The standard InChI is InChI=1S/C24H31N3O5S/c1-16-12-21(26-32-16)25-22(28)14-27-9-6-17(7-10-27)20(13-27)31-23(29)24(30,18-4-2-3-5-18)19-8-11-33-15-19/h8,11-12,15,17-18,20,30H,2-7,9-10,13-14H2,1H3/p+1/t17?,20-,24?,27?/m0/s1. The molecule has 1 unspecified atom stereocenters. The van der Waals surface area contributed by atoms with Crippen LogP contribution in [0.2, 0.25) is 0 Å². The first kappa shape index (κ1) is 22.6. The van der Waals surface area contributed by atoms with E-state index in [4.69, 9.17) is 9.26 Å². The maximum absolute atomic E-state index is 13.5. The molecule has 33 heavy (non-hydrogen) atoms. The van der Waals surface area contributed by atoms with Gasteiger partial charge in [-0.3, -0.25) is 4.79 Å². The van der Waals surface area contributed by atoms with Gasteiger partial charge in [0.15, 0.2) is 24.1 Å². The fourth-order valence-electron chi connectivity index (χ4n) is 6.06. The minimum atomic E-state index is -1.59. The number of aliphatic hydroxyl groups is 1. The van der Waals surface area contributed by atoms with E-state index in [1.54, 1.807) is 13.0 Å². The lowest BCUT2D eigenvalue weighted by molar-refractivity contribution is -0.939. The average molecular weight is 475 g/mol. The van der Waals surface area contributed by atoms with Crippen molar-refractivity contribution < 1.29 is 28.4 Å². The number of nitrogens with one attached hydrogen (secondary N) is 1. The van der Waals surface area contributed by atoms with Gasteiger partial charge in [-0.25, -0.2) is 4.79 Å². The van der Waals surface area contributed by atoms with Gasteiger partial charge in [0, 0.05) is 36.3 Å². The number of piperidine rings is 3. The van der Waals surface area contributed by atoms with Crippen LogP contribution >= 0.6 is 11.3 Å². The molecule has 1 saturated carbocycles. The Morgan fingerprint density at radius 2 is 2.06 bits per heavy atom. The number of hydrogen-bond donors (Lipinski definition) is 2.